The van der Waals surface area contributed by atoms with Crippen LogP contribution in [0, 0.1) is 18.3 Å². The molecule has 3 rings (SSSR count). The molecule has 1 unspecified atom stereocenters. The number of carbonyl (C=O) groups excluding carboxylic acids is 1. The zero-order chi connectivity index (χ0) is 21.5. The molecule has 1 atom stereocenters. The van der Waals surface area contributed by atoms with Gasteiger partial charge in [0.2, 0.25) is 11.9 Å². The molecule has 1 amide bonds. The van der Waals surface area contributed by atoms with Crippen molar-refractivity contribution in [1.82, 2.24) is 15.3 Å². The summed E-state index contributed by atoms with van der Waals surface area (Å²) in [6.45, 7) is 4.99. The fraction of sp³-hybridized carbons (Fsp3) is 0.455. The van der Waals surface area contributed by atoms with E-state index in [9.17, 15) is 10.1 Å². The largest absolute Gasteiger partial charge is 0.387 e. The lowest BCUT2D eigenvalue weighted by atomic mass is 10.1. The number of nitrogens with one attached hydrogen (secondary N) is 2. The third kappa shape index (κ3) is 5.45. The lowest BCUT2D eigenvalue weighted by molar-refractivity contribution is -0.124. The number of piperidine rings is 1. The Hall–Kier alpha value is -3.18. The molecule has 1 aliphatic heterocycles. The van der Waals surface area contributed by atoms with Crippen molar-refractivity contribution in [2.75, 3.05) is 29.9 Å². The fourth-order valence-electron chi connectivity index (χ4n) is 3.61. The Labute approximate surface area is 177 Å². The summed E-state index contributed by atoms with van der Waals surface area (Å²) in [6.07, 6.45) is 3.60. The molecular formula is C22H28N6O2. The molecule has 0 bridgehead atoms. The molecule has 0 spiro atoms. The standard InChI is InChI=1S/C22H28N6O2/c1-3-5-17-11-20(28-9-4-6-19(13-28)24-21(30)14-29)27-22(25-17)26-18-8-7-15(2)16(10-18)12-23/h7-8,10-11,19,29H,3-6,9,13-14H2,1-2H3,(H,24,30)(H,25,26,27). The third-order valence-electron chi connectivity index (χ3n) is 5.14. The highest BCUT2D eigenvalue weighted by Gasteiger charge is 2.23. The number of aryl methyl sites for hydroxylation is 2. The van der Waals surface area contributed by atoms with Crippen molar-refractivity contribution in [2.24, 2.45) is 0 Å². The average molecular weight is 409 g/mol. The Morgan fingerprint density at radius 3 is 2.93 bits per heavy atom. The summed E-state index contributed by atoms with van der Waals surface area (Å²) in [4.78, 5) is 23.0. The molecule has 2 heterocycles. The molecule has 1 saturated heterocycles. The number of aromatic nitrogens is 2. The van der Waals surface area contributed by atoms with Crippen LogP contribution in [0.4, 0.5) is 17.5 Å². The van der Waals surface area contributed by atoms with Gasteiger partial charge >= 0.3 is 0 Å². The Morgan fingerprint density at radius 2 is 2.20 bits per heavy atom. The summed E-state index contributed by atoms with van der Waals surface area (Å²) in [5, 5.41) is 24.4. The molecular weight excluding hydrogens is 380 g/mol. The van der Waals surface area contributed by atoms with Gasteiger partial charge in [0.05, 0.1) is 11.6 Å². The van der Waals surface area contributed by atoms with Crippen LogP contribution in [0.3, 0.4) is 0 Å². The number of nitriles is 1. The summed E-state index contributed by atoms with van der Waals surface area (Å²) in [5.41, 5.74) is 3.25. The van der Waals surface area contributed by atoms with E-state index in [0.717, 1.165) is 55.0 Å². The summed E-state index contributed by atoms with van der Waals surface area (Å²) in [5.74, 6) is 0.947. The summed E-state index contributed by atoms with van der Waals surface area (Å²) < 4.78 is 0. The number of aliphatic hydroxyl groups is 1. The molecule has 3 N–H and O–H groups in total. The van der Waals surface area contributed by atoms with Crippen LogP contribution >= 0.6 is 0 Å². The molecule has 0 saturated carbocycles. The average Bonchev–Trinajstić information content (AvgIpc) is 2.75. The molecule has 8 nitrogen and oxygen atoms in total. The zero-order valence-electron chi connectivity index (χ0n) is 17.5. The van der Waals surface area contributed by atoms with Crippen molar-refractivity contribution in [3.05, 3.63) is 41.1 Å². The van der Waals surface area contributed by atoms with Gasteiger partial charge in [-0.05, 0) is 43.9 Å². The number of rotatable bonds is 7. The van der Waals surface area contributed by atoms with E-state index in [1.807, 2.05) is 25.1 Å². The van der Waals surface area contributed by atoms with Gasteiger partial charge in [0.25, 0.3) is 0 Å². The molecule has 0 aliphatic carbocycles. The number of benzene rings is 1. The van der Waals surface area contributed by atoms with Crippen molar-refractivity contribution in [2.45, 2.75) is 45.6 Å². The van der Waals surface area contributed by atoms with E-state index in [1.165, 1.54) is 0 Å². The minimum atomic E-state index is -0.500. The highest BCUT2D eigenvalue weighted by molar-refractivity contribution is 5.77. The molecule has 2 aromatic rings. The molecule has 1 aliphatic rings. The molecule has 158 valence electrons. The number of anilines is 3. The van der Waals surface area contributed by atoms with Gasteiger partial charge in [-0.15, -0.1) is 0 Å². The molecule has 0 radical (unpaired) electrons. The van der Waals surface area contributed by atoms with Crippen LogP contribution in [0.2, 0.25) is 0 Å². The normalized spacial score (nSPS) is 16.1. The first-order valence-electron chi connectivity index (χ1n) is 10.3. The Kier molecular flexibility index (Phi) is 7.20. The lowest BCUT2D eigenvalue weighted by Crippen LogP contribution is -2.48. The number of hydrogen-bond donors (Lipinski definition) is 3. The van der Waals surface area contributed by atoms with Crippen LogP contribution in [0.1, 0.15) is 43.0 Å². The SMILES string of the molecule is CCCc1cc(N2CCCC(NC(=O)CO)C2)nc(Nc2ccc(C)c(C#N)c2)n1. The van der Waals surface area contributed by atoms with E-state index in [1.54, 1.807) is 6.07 Å². The highest BCUT2D eigenvalue weighted by Crippen LogP contribution is 2.23. The van der Waals surface area contributed by atoms with Gasteiger partial charge in [-0.2, -0.15) is 10.2 Å². The van der Waals surface area contributed by atoms with Crippen LogP contribution in [0.25, 0.3) is 0 Å². The molecule has 1 aromatic heterocycles. The first-order chi connectivity index (χ1) is 14.5. The van der Waals surface area contributed by atoms with Crippen LogP contribution in [-0.2, 0) is 11.2 Å². The lowest BCUT2D eigenvalue weighted by Gasteiger charge is -2.34. The van der Waals surface area contributed by atoms with E-state index in [4.69, 9.17) is 10.1 Å². The number of carbonyl (C=O) groups is 1. The molecule has 1 fully saturated rings. The predicted molar refractivity (Wildman–Crippen MR) is 116 cm³/mol. The van der Waals surface area contributed by atoms with Crippen LogP contribution in [-0.4, -0.2) is 46.7 Å². The van der Waals surface area contributed by atoms with Gasteiger partial charge in [0.15, 0.2) is 0 Å². The Balaban J connectivity index is 1.84. The van der Waals surface area contributed by atoms with Gasteiger partial charge in [-0.3, -0.25) is 4.79 Å². The fourth-order valence-corrected chi connectivity index (χ4v) is 3.61. The van der Waals surface area contributed by atoms with Crippen LogP contribution < -0.4 is 15.5 Å². The maximum atomic E-state index is 11.6. The first kappa shape index (κ1) is 21.5. The van der Waals surface area contributed by atoms with E-state index < -0.39 is 6.61 Å². The molecule has 8 heteroatoms. The number of amides is 1. The van der Waals surface area contributed by atoms with Crippen molar-refractivity contribution < 1.29 is 9.90 Å². The van der Waals surface area contributed by atoms with Crippen molar-refractivity contribution in [3.63, 3.8) is 0 Å². The number of aliphatic hydroxyl groups excluding tert-OH is 1. The third-order valence-corrected chi connectivity index (χ3v) is 5.14. The smallest absolute Gasteiger partial charge is 0.245 e. The maximum absolute atomic E-state index is 11.6. The van der Waals surface area contributed by atoms with Gasteiger partial charge in [0.1, 0.15) is 12.4 Å². The second kappa shape index (κ2) is 10.0. The minimum absolute atomic E-state index is 0.0188. The van der Waals surface area contributed by atoms with E-state index in [2.05, 4.69) is 33.5 Å². The van der Waals surface area contributed by atoms with Crippen LogP contribution in [0.5, 0.6) is 0 Å². The Morgan fingerprint density at radius 1 is 1.37 bits per heavy atom. The maximum Gasteiger partial charge on any atom is 0.245 e. The summed E-state index contributed by atoms with van der Waals surface area (Å²) >= 11 is 0. The van der Waals surface area contributed by atoms with Gasteiger partial charge < -0.3 is 20.6 Å². The summed E-state index contributed by atoms with van der Waals surface area (Å²) in [6, 6.07) is 9.79. The van der Waals surface area contributed by atoms with Gasteiger partial charge in [-0.1, -0.05) is 19.4 Å². The quantitative estimate of drug-likeness (QED) is 0.645. The predicted octanol–water partition coefficient (Wildman–Crippen LogP) is 2.43. The topological polar surface area (TPSA) is 114 Å². The Bertz CT molecular complexity index is 940. The number of nitrogens with zero attached hydrogens (tertiary/aromatic N) is 4. The molecule has 1 aromatic carbocycles. The van der Waals surface area contributed by atoms with E-state index in [-0.39, 0.29) is 11.9 Å². The van der Waals surface area contributed by atoms with Crippen molar-refractivity contribution in [3.8, 4) is 6.07 Å². The minimum Gasteiger partial charge on any atom is -0.387 e. The monoisotopic (exact) mass is 408 g/mol. The zero-order valence-corrected chi connectivity index (χ0v) is 17.5. The highest BCUT2D eigenvalue weighted by atomic mass is 16.3. The number of hydrogen-bond acceptors (Lipinski definition) is 7. The first-order valence-corrected chi connectivity index (χ1v) is 10.3. The van der Waals surface area contributed by atoms with E-state index >= 15 is 0 Å². The van der Waals surface area contributed by atoms with E-state index in [0.29, 0.717) is 18.1 Å². The van der Waals surface area contributed by atoms with Crippen LogP contribution in [0.15, 0.2) is 24.3 Å². The van der Waals surface area contributed by atoms with Crippen molar-refractivity contribution >= 4 is 23.4 Å². The van der Waals surface area contributed by atoms with Crippen molar-refractivity contribution in [1.29, 1.82) is 5.26 Å². The van der Waals surface area contributed by atoms with Gasteiger partial charge in [-0.25, -0.2) is 4.98 Å². The second-order valence-corrected chi connectivity index (χ2v) is 7.57. The summed E-state index contributed by atoms with van der Waals surface area (Å²) in [7, 11) is 0. The van der Waals surface area contributed by atoms with Gasteiger partial charge in [0, 0.05) is 36.6 Å². The second-order valence-electron chi connectivity index (χ2n) is 7.57. The molecule has 30 heavy (non-hydrogen) atoms.